The van der Waals surface area contributed by atoms with Gasteiger partial charge >= 0.3 is 12.0 Å². The highest BCUT2D eigenvalue weighted by Crippen LogP contribution is 2.17. The molecule has 0 radical (unpaired) electrons. The maximum atomic E-state index is 11.7. The van der Waals surface area contributed by atoms with Crippen LogP contribution < -0.4 is 11.1 Å². The van der Waals surface area contributed by atoms with Crippen molar-refractivity contribution < 1.29 is 27.9 Å². The molecule has 1 rings (SSSR count). The monoisotopic (exact) mass is 307 g/mol. The second-order valence-corrected chi connectivity index (χ2v) is 6.90. The molecule has 0 saturated carbocycles. The van der Waals surface area contributed by atoms with E-state index in [0.717, 1.165) is 4.90 Å². The van der Waals surface area contributed by atoms with Crippen LogP contribution in [0.2, 0.25) is 0 Å². The lowest BCUT2D eigenvalue weighted by Gasteiger charge is -2.20. The van der Waals surface area contributed by atoms with Crippen LogP contribution in [-0.2, 0) is 19.4 Å². The summed E-state index contributed by atoms with van der Waals surface area (Å²) in [6.07, 6.45) is 0.456. The van der Waals surface area contributed by atoms with E-state index in [0.29, 0.717) is 6.42 Å². The van der Waals surface area contributed by atoms with Crippen molar-refractivity contribution in [1.82, 2.24) is 10.2 Å². The molecule has 0 aromatic rings. The molecule has 0 bridgehead atoms. The van der Waals surface area contributed by atoms with Gasteiger partial charge < -0.3 is 21.1 Å². The number of sulfone groups is 1. The number of nitrogens with two attached hydrogens (primary N) is 1. The molecule has 1 unspecified atom stereocenters. The van der Waals surface area contributed by atoms with Gasteiger partial charge in [0.2, 0.25) is 5.91 Å². The van der Waals surface area contributed by atoms with Crippen LogP contribution in [-0.4, -0.2) is 67.5 Å². The minimum Gasteiger partial charge on any atom is -0.480 e. The first-order valence-electron chi connectivity index (χ1n) is 5.93. The molecule has 1 atom stereocenters. The fraction of sp³-hybridized carbons (Fsp3) is 0.700. The Balaban J connectivity index is 2.49. The van der Waals surface area contributed by atoms with E-state index in [1.54, 1.807) is 0 Å². The van der Waals surface area contributed by atoms with Gasteiger partial charge in [-0.05, 0) is 12.3 Å². The summed E-state index contributed by atoms with van der Waals surface area (Å²) in [5, 5.41) is 11.1. The fourth-order valence-corrected chi connectivity index (χ4v) is 3.79. The zero-order valence-electron chi connectivity index (χ0n) is 10.7. The van der Waals surface area contributed by atoms with Gasteiger partial charge in [0.05, 0.1) is 11.5 Å². The molecule has 1 aliphatic heterocycles. The first-order valence-corrected chi connectivity index (χ1v) is 7.75. The highest BCUT2D eigenvalue weighted by molar-refractivity contribution is 7.91. The van der Waals surface area contributed by atoms with Gasteiger partial charge in [0.15, 0.2) is 9.84 Å². The predicted octanol–water partition coefficient (Wildman–Crippen LogP) is -2.00. The maximum Gasteiger partial charge on any atom is 0.323 e. The molecule has 1 fully saturated rings. The summed E-state index contributed by atoms with van der Waals surface area (Å²) in [5.74, 6) is -2.20. The molecule has 0 aromatic carbocycles. The summed E-state index contributed by atoms with van der Waals surface area (Å²) >= 11 is 0. The summed E-state index contributed by atoms with van der Waals surface area (Å²) < 4.78 is 22.5. The maximum absolute atomic E-state index is 11.7. The Morgan fingerprint density at radius 2 is 1.95 bits per heavy atom. The molecule has 1 aliphatic rings. The summed E-state index contributed by atoms with van der Waals surface area (Å²) in [7, 11) is -3.03. The lowest BCUT2D eigenvalue weighted by molar-refractivity contribution is -0.137. The number of carbonyl (C=O) groups excluding carboxylic acids is 2. The number of carboxylic acid groups (broad SMARTS) is 1. The normalized spacial score (nSPS) is 20.3. The van der Waals surface area contributed by atoms with Crippen molar-refractivity contribution in [3.05, 3.63) is 0 Å². The van der Waals surface area contributed by atoms with E-state index in [1.165, 1.54) is 0 Å². The first-order chi connectivity index (χ1) is 9.19. The Morgan fingerprint density at radius 1 is 1.30 bits per heavy atom. The van der Waals surface area contributed by atoms with Crippen LogP contribution in [0.4, 0.5) is 4.79 Å². The number of aliphatic carboxylic acids is 1. The van der Waals surface area contributed by atoms with Gasteiger partial charge in [0, 0.05) is 6.54 Å². The smallest absolute Gasteiger partial charge is 0.323 e. The SMILES string of the molecule is NC(=O)CN(CC(=O)O)C(=O)NCC1CCS(=O)(=O)C1. The highest BCUT2D eigenvalue weighted by atomic mass is 32.2. The molecular weight excluding hydrogens is 290 g/mol. The first kappa shape index (κ1) is 16.2. The molecule has 4 N–H and O–H groups in total. The lowest BCUT2D eigenvalue weighted by atomic mass is 10.1. The molecule has 1 heterocycles. The minimum atomic E-state index is -3.03. The van der Waals surface area contributed by atoms with Crippen molar-refractivity contribution in [1.29, 1.82) is 0 Å². The van der Waals surface area contributed by atoms with Crippen LogP contribution in [0.25, 0.3) is 0 Å². The Hall–Kier alpha value is -1.84. The number of carboxylic acids is 1. The van der Waals surface area contributed by atoms with Crippen molar-refractivity contribution >= 4 is 27.7 Å². The van der Waals surface area contributed by atoms with Crippen LogP contribution >= 0.6 is 0 Å². The zero-order chi connectivity index (χ0) is 15.3. The van der Waals surface area contributed by atoms with Gasteiger partial charge in [0.1, 0.15) is 13.1 Å². The summed E-state index contributed by atoms with van der Waals surface area (Å²) in [5.41, 5.74) is 4.93. The van der Waals surface area contributed by atoms with E-state index < -0.39 is 40.8 Å². The Labute approximate surface area is 116 Å². The van der Waals surface area contributed by atoms with Gasteiger partial charge in [-0.15, -0.1) is 0 Å². The number of amides is 3. The second kappa shape index (κ2) is 6.55. The highest BCUT2D eigenvalue weighted by Gasteiger charge is 2.28. The molecule has 10 heteroatoms. The fourth-order valence-electron chi connectivity index (χ4n) is 1.93. The molecule has 9 nitrogen and oxygen atoms in total. The third kappa shape index (κ3) is 5.43. The van der Waals surface area contributed by atoms with Gasteiger partial charge in [-0.2, -0.15) is 0 Å². The molecule has 20 heavy (non-hydrogen) atoms. The van der Waals surface area contributed by atoms with E-state index >= 15 is 0 Å². The zero-order valence-corrected chi connectivity index (χ0v) is 11.6. The number of urea groups is 1. The number of rotatable bonds is 6. The number of carbonyl (C=O) groups is 3. The van der Waals surface area contributed by atoms with Crippen LogP contribution in [0.3, 0.4) is 0 Å². The standard InChI is InChI=1S/C10H17N3O6S/c11-8(14)4-13(5-9(15)16)10(17)12-3-7-1-2-20(18,19)6-7/h7H,1-6H2,(H2,11,14)(H,12,17)(H,15,16). The van der Waals surface area contributed by atoms with Gasteiger partial charge in [-0.25, -0.2) is 13.2 Å². The van der Waals surface area contributed by atoms with Crippen molar-refractivity contribution in [3.8, 4) is 0 Å². The molecule has 114 valence electrons. The van der Waals surface area contributed by atoms with E-state index in [2.05, 4.69) is 5.32 Å². The topological polar surface area (TPSA) is 147 Å². The van der Waals surface area contributed by atoms with E-state index in [1.807, 2.05) is 0 Å². The van der Waals surface area contributed by atoms with Crippen molar-refractivity contribution in [2.24, 2.45) is 11.7 Å². The average molecular weight is 307 g/mol. The minimum absolute atomic E-state index is 0.00201. The Kier molecular flexibility index (Phi) is 5.31. The molecule has 0 aromatic heterocycles. The lowest BCUT2D eigenvalue weighted by Crippen LogP contribution is -2.47. The number of nitrogens with one attached hydrogen (secondary N) is 1. The summed E-state index contributed by atoms with van der Waals surface area (Å²) in [6.45, 7) is -1.05. The van der Waals surface area contributed by atoms with Crippen LogP contribution in [0, 0.1) is 5.92 Å². The molecule has 0 spiro atoms. The van der Waals surface area contributed by atoms with Crippen LogP contribution in [0.15, 0.2) is 0 Å². The largest absolute Gasteiger partial charge is 0.480 e. The molecule has 1 saturated heterocycles. The molecule has 3 amide bonds. The van der Waals surface area contributed by atoms with Crippen molar-refractivity contribution in [3.63, 3.8) is 0 Å². The molecular formula is C10H17N3O6S. The number of hydrogen-bond acceptors (Lipinski definition) is 5. The van der Waals surface area contributed by atoms with E-state index in [-0.39, 0.29) is 24.0 Å². The number of nitrogens with zero attached hydrogens (tertiary/aromatic N) is 1. The second-order valence-electron chi connectivity index (χ2n) is 4.67. The van der Waals surface area contributed by atoms with Gasteiger partial charge in [-0.3, -0.25) is 9.59 Å². The summed E-state index contributed by atoms with van der Waals surface area (Å²) in [4.78, 5) is 33.8. The Morgan fingerprint density at radius 3 is 2.40 bits per heavy atom. The van der Waals surface area contributed by atoms with Gasteiger partial charge in [0.25, 0.3) is 0 Å². The van der Waals surface area contributed by atoms with Crippen LogP contribution in [0.5, 0.6) is 0 Å². The van der Waals surface area contributed by atoms with Crippen molar-refractivity contribution in [2.45, 2.75) is 6.42 Å². The Bertz CT molecular complexity index is 487. The van der Waals surface area contributed by atoms with E-state index in [4.69, 9.17) is 10.8 Å². The molecule has 0 aliphatic carbocycles. The number of primary amides is 1. The third-order valence-corrected chi connectivity index (χ3v) is 4.67. The van der Waals surface area contributed by atoms with E-state index in [9.17, 15) is 22.8 Å². The average Bonchev–Trinajstić information content (AvgIpc) is 2.64. The van der Waals surface area contributed by atoms with Crippen molar-refractivity contribution in [2.75, 3.05) is 31.1 Å². The van der Waals surface area contributed by atoms with Crippen LogP contribution in [0.1, 0.15) is 6.42 Å². The van der Waals surface area contributed by atoms with Gasteiger partial charge in [-0.1, -0.05) is 0 Å². The predicted molar refractivity (Wildman–Crippen MR) is 68.6 cm³/mol. The quantitative estimate of drug-likeness (QED) is 0.517. The third-order valence-electron chi connectivity index (χ3n) is 2.83. The number of hydrogen-bond donors (Lipinski definition) is 3. The summed E-state index contributed by atoms with van der Waals surface area (Å²) in [6, 6.07) is -0.754.